The second kappa shape index (κ2) is 2.47. The summed E-state index contributed by atoms with van der Waals surface area (Å²) in [6, 6.07) is 0. The standard InChI is InChI=1S/C5H6N2O3/c6-3-1-2-4(7)10-5(8)9-3/h6-7H,1-2H2. The topological polar surface area (TPSA) is 83.2 Å². The van der Waals surface area contributed by atoms with Crippen LogP contribution in [0.3, 0.4) is 0 Å². The molecule has 1 fully saturated rings. The van der Waals surface area contributed by atoms with Crippen LogP contribution in [0.5, 0.6) is 0 Å². The van der Waals surface area contributed by atoms with E-state index in [4.69, 9.17) is 10.8 Å². The molecule has 1 rings (SSSR count). The van der Waals surface area contributed by atoms with E-state index in [0.29, 0.717) is 0 Å². The van der Waals surface area contributed by atoms with Crippen molar-refractivity contribution in [2.45, 2.75) is 12.8 Å². The van der Waals surface area contributed by atoms with Gasteiger partial charge >= 0.3 is 6.16 Å². The van der Waals surface area contributed by atoms with Crippen LogP contribution in [0.1, 0.15) is 12.8 Å². The molecule has 0 amide bonds. The molecule has 0 aromatic carbocycles. The molecule has 5 nitrogen and oxygen atoms in total. The lowest BCUT2D eigenvalue weighted by molar-refractivity contribution is 0.145. The van der Waals surface area contributed by atoms with Gasteiger partial charge in [0, 0.05) is 12.8 Å². The molecule has 10 heavy (non-hydrogen) atoms. The average molecular weight is 142 g/mol. The van der Waals surface area contributed by atoms with Crippen molar-refractivity contribution < 1.29 is 14.3 Å². The van der Waals surface area contributed by atoms with E-state index in [2.05, 4.69) is 9.47 Å². The minimum atomic E-state index is -0.979. The summed E-state index contributed by atoms with van der Waals surface area (Å²) >= 11 is 0. The summed E-state index contributed by atoms with van der Waals surface area (Å²) in [4.78, 5) is 10.4. The summed E-state index contributed by atoms with van der Waals surface area (Å²) in [5.74, 6) is -0.292. The summed E-state index contributed by atoms with van der Waals surface area (Å²) in [6.07, 6.45) is -0.470. The van der Waals surface area contributed by atoms with Crippen LogP contribution in [-0.2, 0) is 9.47 Å². The second-order valence-corrected chi connectivity index (χ2v) is 1.80. The van der Waals surface area contributed by atoms with Crippen LogP contribution in [0.25, 0.3) is 0 Å². The number of nitrogens with one attached hydrogen (secondary N) is 2. The smallest absolute Gasteiger partial charge is 0.380 e. The lowest BCUT2D eigenvalue weighted by Gasteiger charge is -1.95. The van der Waals surface area contributed by atoms with Crippen LogP contribution in [0.4, 0.5) is 4.79 Å². The summed E-state index contributed by atoms with van der Waals surface area (Å²) < 4.78 is 8.53. The molecule has 0 unspecified atom stereocenters. The van der Waals surface area contributed by atoms with Crippen molar-refractivity contribution in [3.63, 3.8) is 0 Å². The lowest BCUT2D eigenvalue weighted by atomic mass is 10.3. The molecule has 5 heteroatoms. The minimum absolute atomic E-state index is 0.146. The highest BCUT2D eigenvalue weighted by Crippen LogP contribution is 2.03. The molecule has 1 heterocycles. The van der Waals surface area contributed by atoms with E-state index >= 15 is 0 Å². The van der Waals surface area contributed by atoms with Gasteiger partial charge in [0.05, 0.1) is 0 Å². The third-order valence-corrected chi connectivity index (χ3v) is 0.992. The van der Waals surface area contributed by atoms with Crippen molar-refractivity contribution in [1.82, 2.24) is 0 Å². The molecule has 0 bridgehead atoms. The first-order valence-corrected chi connectivity index (χ1v) is 2.73. The fraction of sp³-hybridized carbons (Fsp3) is 0.400. The molecule has 0 atom stereocenters. The zero-order valence-electron chi connectivity index (χ0n) is 5.14. The van der Waals surface area contributed by atoms with E-state index in [1.165, 1.54) is 0 Å². The quantitative estimate of drug-likeness (QED) is 0.492. The molecule has 54 valence electrons. The summed E-state index contributed by atoms with van der Waals surface area (Å²) in [5.41, 5.74) is 0. The Kier molecular flexibility index (Phi) is 1.66. The van der Waals surface area contributed by atoms with Gasteiger partial charge in [-0.25, -0.2) is 4.79 Å². The molecule has 0 spiro atoms. The Bertz CT molecular complexity index is 179. The highest BCUT2D eigenvalue weighted by atomic mass is 16.7. The van der Waals surface area contributed by atoms with Gasteiger partial charge in [-0.15, -0.1) is 0 Å². The minimum Gasteiger partial charge on any atom is -0.380 e. The molecule has 1 aliphatic heterocycles. The van der Waals surface area contributed by atoms with Crippen molar-refractivity contribution in [2.24, 2.45) is 0 Å². The number of ether oxygens (including phenoxy) is 2. The predicted octanol–water partition coefficient (Wildman–Crippen LogP) is 0.888. The number of hydrogen-bond donors (Lipinski definition) is 2. The van der Waals surface area contributed by atoms with E-state index in [9.17, 15) is 4.79 Å². The van der Waals surface area contributed by atoms with Crippen molar-refractivity contribution in [2.75, 3.05) is 0 Å². The maximum Gasteiger partial charge on any atom is 0.521 e. The fourth-order valence-corrected chi connectivity index (χ4v) is 0.551. The normalized spacial score (nSPS) is 19.4. The molecular formula is C5H6N2O3. The molecular weight excluding hydrogens is 136 g/mol. The van der Waals surface area contributed by atoms with Crippen molar-refractivity contribution in [1.29, 1.82) is 10.8 Å². The van der Waals surface area contributed by atoms with E-state index in [1.54, 1.807) is 0 Å². The largest absolute Gasteiger partial charge is 0.521 e. The zero-order chi connectivity index (χ0) is 7.56. The van der Waals surface area contributed by atoms with Crippen LogP contribution in [0.2, 0.25) is 0 Å². The van der Waals surface area contributed by atoms with Gasteiger partial charge in [0.2, 0.25) is 0 Å². The third-order valence-electron chi connectivity index (χ3n) is 0.992. The van der Waals surface area contributed by atoms with E-state index in [1.807, 2.05) is 0 Å². The Labute approximate surface area is 57.0 Å². The van der Waals surface area contributed by atoms with Gasteiger partial charge in [0.25, 0.3) is 0 Å². The van der Waals surface area contributed by atoms with Crippen molar-refractivity contribution in [3.8, 4) is 0 Å². The van der Waals surface area contributed by atoms with Crippen LogP contribution in [-0.4, -0.2) is 18.0 Å². The molecule has 1 saturated heterocycles. The molecule has 0 radical (unpaired) electrons. The summed E-state index contributed by atoms with van der Waals surface area (Å²) in [6.45, 7) is 0. The number of hydrogen-bond acceptors (Lipinski definition) is 5. The highest BCUT2D eigenvalue weighted by molar-refractivity contribution is 5.94. The Morgan fingerprint density at radius 3 is 1.90 bits per heavy atom. The summed E-state index contributed by atoms with van der Waals surface area (Å²) in [7, 11) is 0. The number of rotatable bonds is 0. The monoisotopic (exact) mass is 142 g/mol. The molecule has 2 N–H and O–H groups in total. The van der Waals surface area contributed by atoms with Crippen LogP contribution in [0, 0.1) is 10.8 Å². The zero-order valence-corrected chi connectivity index (χ0v) is 5.14. The van der Waals surface area contributed by atoms with Gasteiger partial charge in [0.1, 0.15) is 0 Å². The first-order chi connectivity index (χ1) is 4.68. The fourth-order valence-electron chi connectivity index (χ4n) is 0.551. The molecule has 0 aliphatic carbocycles. The van der Waals surface area contributed by atoms with Crippen molar-refractivity contribution >= 4 is 18.0 Å². The Morgan fingerprint density at radius 2 is 1.50 bits per heavy atom. The highest BCUT2D eigenvalue weighted by Gasteiger charge is 2.17. The summed E-state index contributed by atoms with van der Waals surface area (Å²) in [5, 5.41) is 13.9. The Hall–Kier alpha value is -1.39. The van der Waals surface area contributed by atoms with Crippen molar-refractivity contribution in [3.05, 3.63) is 0 Å². The molecule has 0 aromatic heterocycles. The number of carbonyl (C=O) groups is 1. The third kappa shape index (κ3) is 1.54. The number of carbonyl (C=O) groups excluding carboxylic acids is 1. The van der Waals surface area contributed by atoms with Crippen LogP contribution < -0.4 is 0 Å². The second-order valence-electron chi connectivity index (χ2n) is 1.80. The van der Waals surface area contributed by atoms with Gasteiger partial charge in [-0.2, -0.15) is 0 Å². The predicted molar refractivity (Wildman–Crippen MR) is 32.3 cm³/mol. The number of cyclic esters (lactones) is 2. The van der Waals surface area contributed by atoms with Gasteiger partial charge in [-0.1, -0.05) is 0 Å². The van der Waals surface area contributed by atoms with Gasteiger partial charge in [-0.3, -0.25) is 10.8 Å². The lowest BCUT2D eigenvalue weighted by Crippen LogP contribution is -2.09. The first kappa shape index (κ1) is 6.73. The van der Waals surface area contributed by atoms with E-state index < -0.39 is 6.16 Å². The maximum absolute atomic E-state index is 10.4. The Morgan fingerprint density at radius 1 is 1.10 bits per heavy atom. The van der Waals surface area contributed by atoms with Crippen LogP contribution >= 0.6 is 0 Å². The van der Waals surface area contributed by atoms with Gasteiger partial charge < -0.3 is 9.47 Å². The molecule has 1 aliphatic rings. The maximum atomic E-state index is 10.4. The Balaban J connectivity index is 2.63. The molecule has 0 aromatic rings. The van der Waals surface area contributed by atoms with Gasteiger partial charge in [0.15, 0.2) is 11.8 Å². The molecule has 0 saturated carbocycles. The van der Waals surface area contributed by atoms with Gasteiger partial charge in [-0.05, 0) is 0 Å². The van der Waals surface area contributed by atoms with E-state index in [-0.39, 0.29) is 24.6 Å². The van der Waals surface area contributed by atoms with Crippen LogP contribution in [0.15, 0.2) is 0 Å². The first-order valence-electron chi connectivity index (χ1n) is 2.73. The SMILES string of the molecule is N=C1CCC(=N)OC(=O)O1. The average Bonchev–Trinajstić information content (AvgIpc) is 1.93. The van der Waals surface area contributed by atoms with E-state index in [0.717, 1.165) is 0 Å².